The first kappa shape index (κ1) is 34.7. The Morgan fingerprint density at radius 1 is 1.23 bits per heavy atom. The third kappa shape index (κ3) is 16.7. The van der Waals surface area contributed by atoms with Crippen molar-refractivity contribution in [2.24, 2.45) is 17.8 Å². The number of nitriles is 1. The molecule has 0 aliphatic carbocycles. The van der Waals surface area contributed by atoms with E-state index in [0.717, 1.165) is 25.5 Å². The molecule has 3 unspecified atom stereocenters. The first-order valence-corrected chi connectivity index (χ1v) is 12.2. The summed E-state index contributed by atoms with van der Waals surface area (Å²) in [4.78, 5) is 44.6. The molecule has 4 atom stereocenters. The molecule has 202 valence electrons. The number of nitrogens with zero attached hydrogens (tertiary/aromatic N) is 1. The van der Waals surface area contributed by atoms with Gasteiger partial charge in [0.1, 0.15) is 17.9 Å². The Bertz CT molecular complexity index is 658. The van der Waals surface area contributed by atoms with Gasteiger partial charge in [-0.25, -0.2) is 0 Å². The highest BCUT2D eigenvalue weighted by Gasteiger charge is 2.41. The summed E-state index contributed by atoms with van der Waals surface area (Å²) in [6.45, 7) is 10.5. The van der Waals surface area contributed by atoms with Crippen LogP contribution in [0.15, 0.2) is 0 Å². The lowest BCUT2D eigenvalue weighted by atomic mass is 9.85. The van der Waals surface area contributed by atoms with E-state index in [0.29, 0.717) is 31.8 Å². The van der Waals surface area contributed by atoms with E-state index in [-0.39, 0.29) is 29.4 Å². The molecular weight excluding hydrogens is 450 g/mol. The number of ether oxygens (including phenoxy) is 1. The number of nitrogens with one attached hydrogen (secondary N) is 4. The fourth-order valence-electron chi connectivity index (χ4n) is 3.46. The first-order chi connectivity index (χ1) is 16.4. The number of aldehydes is 1. The third-order valence-corrected chi connectivity index (χ3v) is 5.07. The van der Waals surface area contributed by atoms with Gasteiger partial charge in [0.2, 0.25) is 11.8 Å². The average Bonchev–Trinajstić information content (AvgIpc) is 3.13. The van der Waals surface area contributed by atoms with Crippen molar-refractivity contribution in [3.63, 3.8) is 0 Å². The zero-order valence-corrected chi connectivity index (χ0v) is 22.8. The van der Waals surface area contributed by atoms with Crippen molar-refractivity contribution < 1.29 is 23.9 Å². The van der Waals surface area contributed by atoms with Crippen molar-refractivity contribution in [3.8, 4) is 6.07 Å². The molecule has 35 heavy (non-hydrogen) atoms. The van der Waals surface area contributed by atoms with Gasteiger partial charge in [0.05, 0.1) is 18.0 Å². The molecule has 0 saturated carbocycles. The van der Waals surface area contributed by atoms with Crippen LogP contribution in [0, 0.1) is 29.1 Å². The lowest BCUT2D eigenvalue weighted by Gasteiger charge is -2.25. The second-order valence-corrected chi connectivity index (χ2v) is 9.89. The Balaban J connectivity index is 0. The smallest absolute Gasteiger partial charge is 0.293 e. The lowest BCUT2D eigenvalue weighted by Crippen LogP contribution is -2.51. The molecule has 4 N–H and O–H groups in total. The number of hydrogen-bond acceptors (Lipinski definition) is 8. The van der Waals surface area contributed by atoms with Gasteiger partial charge in [0, 0.05) is 13.0 Å². The highest BCUT2D eigenvalue weighted by atomic mass is 16.5. The van der Waals surface area contributed by atoms with Crippen LogP contribution in [-0.2, 0) is 23.9 Å². The largest absolute Gasteiger partial charge is 0.462 e. The molecule has 1 heterocycles. The Hall–Kier alpha value is -2.51. The number of hydrogen-bond donors (Lipinski definition) is 4. The molecule has 1 rings (SSSR count). The van der Waals surface area contributed by atoms with Crippen molar-refractivity contribution in [2.75, 3.05) is 27.7 Å². The summed E-state index contributed by atoms with van der Waals surface area (Å²) >= 11 is 0. The minimum absolute atomic E-state index is 0.00207. The van der Waals surface area contributed by atoms with Crippen LogP contribution in [-0.4, -0.2) is 69.9 Å². The number of rotatable bonds is 12. The highest BCUT2D eigenvalue weighted by Crippen LogP contribution is 2.27. The van der Waals surface area contributed by atoms with Crippen LogP contribution < -0.4 is 21.3 Å². The molecule has 0 aromatic rings. The highest BCUT2D eigenvalue weighted by molar-refractivity contribution is 5.86. The van der Waals surface area contributed by atoms with E-state index in [1.54, 1.807) is 7.05 Å². The van der Waals surface area contributed by atoms with E-state index in [1.807, 2.05) is 48.7 Å². The number of unbranched alkanes of at least 4 members (excludes halogenated alkanes) is 2. The van der Waals surface area contributed by atoms with Gasteiger partial charge in [-0.3, -0.25) is 14.4 Å². The zero-order chi connectivity index (χ0) is 27.4. The number of amides is 2. The van der Waals surface area contributed by atoms with Crippen LogP contribution in [0.3, 0.4) is 0 Å². The molecular formula is C25H47N5O5. The number of likely N-dealkylation sites (N-methyl/N-ethyl adjacent to an activating group) is 1. The molecule has 1 fully saturated rings. The molecule has 1 saturated heterocycles. The number of carbonyl (C=O) groups is 4. The maximum atomic E-state index is 12.5. The topological polar surface area (TPSA) is 149 Å². The van der Waals surface area contributed by atoms with Gasteiger partial charge in [-0.1, -0.05) is 20.3 Å². The second kappa shape index (κ2) is 19.8. The molecule has 2 amide bonds. The van der Waals surface area contributed by atoms with Crippen LogP contribution in [0.25, 0.3) is 0 Å². The molecule has 10 nitrogen and oxygen atoms in total. The Kier molecular flexibility index (Phi) is 19.6. The molecule has 0 aromatic carbocycles. The quantitative estimate of drug-likeness (QED) is 0.234. The molecule has 1 aliphatic rings. The number of carbonyl (C=O) groups excluding carboxylic acids is 4. The molecule has 0 bridgehead atoms. The third-order valence-electron chi connectivity index (χ3n) is 5.07. The van der Waals surface area contributed by atoms with Crippen LogP contribution in [0.4, 0.5) is 0 Å². The van der Waals surface area contributed by atoms with Crippen molar-refractivity contribution >= 4 is 24.6 Å². The maximum absolute atomic E-state index is 12.5. The van der Waals surface area contributed by atoms with Crippen molar-refractivity contribution in [3.05, 3.63) is 0 Å². The van der Waals surface area contributed by atoms with Crippen molar-refractivity contribution in [1.82, 2.24) is 21.3 Å². The normalized spacial score (nSPS) is 18.5. The minimum Gasteiger partial charge on any atom is -0.462 e. The zero-order valence-electron chi connectivity index (χ0n) is 22.8. The van der Waals surface area contributed by atoms with E-state index < -0.39 is 12.0 Å². The summed E-state index contributed by atoms with van der Waals surface area (Å²) in [6, 6.07) is 0.871. The van der Waals surface area contributed by atoms with Gasteiger partial charge in [0.25, 0.3) is 6.47 Å². The van der Waals surface area contributed by atoms with E-state index in [2.05, 4.69) is 32.1 Å². The lowest BCUT2D eigenvalue weighted by molar-refractivity contribution is -0.138. The van der Waals surface area contributed by atoms with Crippen molar-refractivity contribution in [1.29, 1.82) is 5.26 Å². The summed E-state index contributed by atoms with van der Waals surface area (Å²) in [5.41, 5.74) is -0.318. The molecule has 1 aliphatic heterocycles. The van der Waals surface area contributed by atoms with E-state index in [1.165, 1.54) is 0 Å². The van der Waals surface area contributed by atoms with Crippen LogP contribution in [0.2, 0.25) is 0 Å². The Morgan fingerprint density at radius 2 is 1.83 bits per heavy atom. The van der Waals surface area contributed by atoms with E-state index in [4.69, 9.17) is 0 Å². The summed E-state index contributed by atoms with van der Waals surface area (Å²) in [5.74, 6) is -0.632. The molecule has 0 aromatic heterocycles. The van der Waals surface area contributed by atoms with Gasteiger partial charge in [-0.05, 0) is 73.0 Å². The van der Waals surface area contributed by atoms with E-state index in [9.17, 15) is 24.4 Å². The fraction of sp³-hybridized carbons (Fsp3) is 0.800. The summed E-state index contributed by atoms with van der Waals surface area (Å²) in [5, 5.41) is 20.8. The van der Waals surface area contributed by atoms with Gasteiger partial charge in [-0.15, -0.1) is 0 Å². The maximum Gasteiger partial charge on any atom is 0.293 e. The van der Waals surface area contributed by atoms with Gasteiger partial charge in [-0.2, -0.15) is 5.26 Å². The monoisotopic (exact) mass is 497 g/mol. The average molecular weight is 498 g/mol. The molecule has 0 radical (unpaired) electrons. The fourth-order valence-corrected chi connectivity index (χ4v) is 3.46. The first-order valence-electron chi connectivity index (χ1n) is 12.2. The van der Waals surface area contributed by atoms with E-state index >= 15 is 0 Å². The predicted octanol–water partition coefficient (Wildman–Crippen LogP) is 1.54. The van der Waals surface area contributed by atoms with Gasteiger partial charge in [0.15, 0.2) is 0 Å². The van der Waals surface area contributed by atoms with Crippen molar-refractivity contribution in [2.45, 2.75) is 84.4 Å². The SMILES string of the molecule is CC(C)(C)OC=O.CNC.CNC(CC(C)C)C(=O)NC(C#N)C1C(=O)NC[C@@H]1CCCCC=O. The minimum atomic E-state index is -0.839. The standard InChI is InChI=1S/C18H30N4O3.C5H10O2.C2H7N/c1-12(2)9-14(20-3)17(24)22-15(10-19)16-13(11-21-18(16)25)7-5-4-6-8-23;1-5(2,3)7-4-6;1-3-2/h8,12-16,20H,4-7,9,11H2,1-3H3,(H,21,25)(H,22,24);4H,1-3H3;3H,1-2H3/t13-,14?,15?,16?;;/m0../s1. The second-order valence-electron chi connectivity index (χ2n) is 9.89. The predicted molar refractivity (Wildman–Crippen MR) is 136 cm³/mol. The van der Waals surface area contributed by atoms with Crippen LogP contribution >= 0.6 is 0 Å². The Morgan fingerprint density at radius 3 is 2.23 bits per heavy atom. The van der Waals surface area contributed by atoms with Crippen LogP contribution in [0.5, 0.6) is 0 Å². The van der Waals surface area contributed by atoms with Gasteiger partial charge < -0.3 is 30.8 Å². The summed E-state index contributed by atoms with van der Waals surface area (Å²) in [7, 11) is 5.46. The Labute approximate surface area is 211 Å². The summed E-state index contributed by atoms with van der Waals surface area (Å²) in [6.07, 6.45) is 4.42. The van der Waals surface area contributed by atoms with Crippen LogP contribution in [0.1, 0.15) is 66.7 Å². The van der Waals surface area contributed by atoms with Gasteiger partial charge >= 0.3 is 0 Å². The molecule has 10 heteroatoms. The summed E-state index contributed by atoms with van der Waals surface area (Å²) < 4.78 is 4.55. The molecule has 0 spiro atoms.